The molecule has 0 aliphatic heterocycles. The number of benzene rings is 8. The minimum absolute atomic E-state index is 0.259. The summed E-state index contributed by atoms with van der Waals surface area (Å²) in [7, 11) is -3.32. The van der Waals surface area contributed by atoms with Gasteiger partial charge in [-0.3, -0.25) is 0 Å². The van der Waals surface area contributed by atoms with Gasteiger partial charge in [0, 0.05) is 33.5 Å². The van der Waals surface area contributed by atoms with Crippen LogP contribution in [0.2, 0.25) is 39.3 Å². The number of anilines is 6. The minimum atomic E-state index is -1.66. The molecule has 0 spiro atoms. The molecule has 298 valence electrons. The lowest BCUT2D eigenvalue weighted by Gasteiger charge is -2.32. The first-order chi connectivity index (χ1) is 28.6. The van der Waals surface area contributed by atoms with Crippen LogP contribution in [0.4, 0.5) is 39.8 Å². The molecule has 0 N–H and O–H groups in total. The van der Waals surface area contributed by atoms with Gasteiger partial charge in [0.2, 0.25) is 0 Å². The molecule has 0 aliphatic carbocycles. The summed E-state index contributed by atoms with van der Waals surface area (Å²) in [6, 6.07) is 50.9. The molecule has 6 heteroatoms. The molecule has 0 saturated carbocycles. The van der Waals surface area contributed by atoms with Gasteiger partial charge in [0.25, 0.3) is 0 Å². The second kappa shape index (κ2) is 15.4. The Morgan fingerprint density at radius 2 is 0.900 bits per heavy atom. The van der Waals surface area contributed by atoms with Crippen LogP contribution < -0.4 is 20.2 Å². The van der Waals surface area contributed by atoms with Gasteiger partial charge in [-0.05, 0) is 117 Å². The average molecular weight is 815 g/mol. The molecule has 0 unspecified atom stereocenters. The Hall–Kier alpha value is -6.19. The molecule has 60 heavy (non-hydrogen) atoms. The fourth-order valence-electron chi connectivity index (χ4n) is 8.77. The maximum absolute atomic E-state index is 9.79. The van der Waals surface area contributed by atoms with Gasteiger partial charge in [0.1, 0.15) is 0 Å². The van der Waals surface area contributed by atoms with Gasteiger partial charge in [0.15, 0.2) is 5.69 Å². The van der Waals surface area contributed by atoms with E-state index in [4.69, 9.17) is 6.57 Å². The highest BCUT2D eigenvalue weighted by molar-refractivity contribution is 6.89. The first kappa shape index (κ1) is 40.6. The Balaban J connectivity index is 1.51. The topological polar surface area (TPSA) is 34.6 Å². The highest BCUT2D eigenvalue weighted by Crippen LogP contribution is 2.51. The van der Waals surface area contributed by atoms with E-state index in [0.29, 0.717) is 11.3 Å². The Morgan fingerprint density at radius 1 is 0.500 bits per heavy atom. The lowest BCUT2D eigenvalue weighted by atomic mass is 9.84. The zero-order valence-corrected chi connectivity index (χ0v) is 38.6. The van der Waals surface area contributed by atoms with Gasteiger partial charge in [-0.1, -0.05) is 138 Å². The summed E-state index contributed by atoms with van der Waals surface area (Å²) in [5, 5.41) is 20.1. The van der Waals surface area contributed by atoms with Crippen LogP contribution in [0.25, 0.3) is 37.2 Å². The number of nitrogens with zero attached hydrogens (tertiary/aromatic N) is 4. The van der Waals surface area contributed by atoms with E-state index in [1.165, 1.54) is 53.8 Å². The Bertz CT molecular complexity index is 2770. The van der Waals surface area contributed by atoms with Crippen LogP contribution in [0.5, 0.6) is 0 Å². The van der Waals surface area contributed by atoms with E-state index in [1.54, 1.807) is 0 Å². The van der Waals surface area contributed by atoms with E-state index in [2.05, 4.69) is 197 Å². The highest BCUT2D eigenvalue weighted by atomic mass is 28.3. The molecule has 0 aliphatic rings. The molecular formula is C54H54N4Si2. The van der Waals surface area contributed by atoms with Gasteiger partial charge >= 0.3 is 0 Å². The van der Waals surface area contributed by atoms with E-state index < -0.39 is 16.1 Å². The molecule has 0 atom stereocenters. The maximum Gasteiger partial charge on any atom is 0.187 e. The van der Waals surface area contributed by atoms with Crippen LogP contribution in [-0.4, -0.2) is 16.1 Å². The zero-order chi connectivity index (χ0) is 42.7. The molecule has 0 heterocycles. The minimum Gasteiger partial charge on any atom is -0.310 e. The molecule has 0 saturated heterocycles. The van der Waals surface area contributed by atoms with Crippen molar-refractivity contribution < 1.29 is 0 Å². The Kier molecular flexibility index (Phi) is 10.4. The van der Waals surface area contributed by atoms with Crippen molar-refractivity contribution >= 4 is 98.7 Å². The summed E-state index contributed by atoms with van der Waals surface area (Å²) < 4.78 is 0. The van der Waals surface area contributed by atoms with E-state index in [0.717, 1.165) is 34.1 Å². The normalized spacial score (nSPS) is 12.1. The third-order valence-corrected chi connectivity index (χ3v) is 16.2. The van der Waals surface area contributed by atoms with Crippen LogP contribution in [0.1, 0.15) is 56.2 Å². The largest absolute Gasteiger partial charge is 0.310 e. The summed E-state index contributed by atoms with van der Waals surface area (Å²) in [5.74, 6) is 0.520. The monoisotopic (exact) mass is 814 g/mol. The maximum atomic E-state index is 9.79. The van der Waals surface area contributed by atoms with Gasteiger partial charge in [-0.15, -0.1) is 0 Å². The van der Waals surface area contributed by atoms with Crippen molar-refractivity contribution in [1.82, 2.24) is 0 Å². The SMILES string of the molecule is [C-]#[N+]c1ccc(N(c2cccc([Si](C)(C)C)c2)c2cc(C(C)C)c3ccc4c(N(c5ccc(C#N)cc5)c5cccc([Si](C)(C)C)c5)cc(C(C)C)c5ccc2c3c54)cc1. The second-order valence-electron chi connectivity index (χ2n) is 18.9. The third-order valence-electron chi connectivity index (χ3n) is 12.1. The molecule has 8 aromatic rings. The first-order valence-electron chi connectivity index (χ1n) is 21.2. The summed E-state index contributed by atoms with van der Waals surface area (Å²) >= 11 is 0. The van der Waals surface area contributed by atoms with Crippen molar-refractivity contribution in [3.63, 3.8) is 0 Å². The number of hydrogen-bond acceptors (Lipinski definition) is 3. The molecule has 8 aromatic carbocycles. The van der Waals surface area contributed by atoms with Crippen LogP contribution in [0, 0.1) is 17.9 Å². The van der Waals surface area contributed by atoms with Crippen LogP contribution in [0.3, 0.4) is 0 Å². The van der Waals surface area contributed by atoms with Crippen LogP contribution in [-0.2, 0) is 0 Å². The van der Waals surface area contributed by atoms with Crippen molar-refractivity contribution in [1.29, 1.82) is 5.26 Å². The predicted octanol–water partition coefficient (Wildman–Crippen LogP) is 15.3. The fourth-order valence-corrected chi connectivity index (χ4v) is 11.1. The van der Waals surface area contributed by atoms with Crippen molar-refractivity contribution in [3.8, 4) is 6.07 Å². The summed E-state index contributed by atoms with van der Waals surface area (Å²) in [6.07, 6.45) is 0. The second-order valence-corrected chi connectivity index (χ2v) is 29.1. The predicted molar refractivity (Wildman–Crippen MR) is 265 cm³/mol. The van der Waals surface area contributed by atoms with E-state index >= 15 is 0 Å². The fraction of sp³-hybridized carbons (Fsp3) is 0.222. The third kappa shape index (κ3) is 7.25. The Labute approximate surface area is 358 Å². The Morgan fingerprint density at radius 3 is 1.27 bits per heavy atom. The van der Waals surface area contributed by atoms with E-state index in [1.807, 2.05) is 24.3 Å². The lowest BCUT2D eigenvalue weighted by molar-refractivity contribution is 0.875. The zero-order valence-electron chi connectivity index (χ0n) is 36.6. The van der Waals surface area contributed by atoms with Crippen molar-refractivity contribution in [3.05, 3.63) is 162 Å². The lowest BCUT2D eigenvalue weighted by Crippen LogP contribution is -2.37. The molecule has 0 fully saturated rings. The van der Waals surface area contributed by atoms with Crippen molar-refractivity contribution in [2.45, 2.75) is 78.8 Å². The molecule has 8 rings (SSSR count). The standard InChI is InChI=1S/C54H54N4Si2/c1-35(2)49-32-51(57(39-22-18-37(34-55)19-23-39)41-14-12-16-43(30-41)59(6,7)8)47-28-26-46-50(36(3)4)33-52(48-29-27-45(49)53(47)54(46)48)58(40-24-20-38(56-5)21-25-40)42-15-13-17-44(31-42)60(9,10)11/h12-33,35-36H,1-4,6-11H3. The average Bonchev–Trinajstić information content (AvgIpc) is 3.23. The number of hydrogen-bond donors (Lipinski definition) is 0. The number of rotatable bonds is 10. The van der Waals surface area contributed by atoms with Crippen molar-refractivity contribution in [2.24, 2.45) is 0 Å². The van der Waals surface area contributed by atoms with Crippen molar-refractivity contribution in [2.75, 3.05) is 9.80 Å². The van der Waals surface area contributed by atoms with Crippen LogP contribution >= 0.6 is 0 Å². The molecule has 0 bridgehead atoms. The quantitative estimate of drug-likeness (QED) is 0.0783. The summed E-state index contributed by atoms with van der Waals surface area (Å²) in [6.45, 7) is 31.3. The molecule has 4 nitrogen and oxygen atoms in total. The highest BCUT2D eigenvalue weighted by Gasteiger charge is 2.27. The molecule has 0 radical (unpaired) electrons. The first-order valence-corrected chi connectivity index (χ1v) is 28.2. The molecular weight excluding hydrogens is 761 g/mol. The van der Waals surface area contributed by atoms with Gasteiger partial charge in [0.05, 0.1) is 45.7 Å². The summed E-state index contributed by atoms with van der Waals surface area (Å²) in [4.78, 5) is 8.58. The molecule has 0 aromatic heterocycles. The van der Waals surface area contributed by atoms with Gasteiger partial charge < -0.3 is 9.80 Å². The van der Waals surface area contributed by atoms with Gasteiger partial charge in [-0.25, -0.2) is 4.85 Å². The van der Waals surface area contributed by atoms with E-state index in [-0.39, 0.29) is 11.8 Å². The van der Waals surface area contributed by atoms with Gasteiger partial charge in [-0.2, -0.15) is 5.26 Å². The van der Waals surface area contributed by atoms with E-state index in [9.17, 15) is 5.26 Å². The smallest absolute Gasteiger partial charge is 0.187 e. The number of nitriles is 1. The summed E-state index contributed by atoms with van der Waals surface area (Å²) in [5.41, 5.74) is 10.4. The van der Waals surface area contributed by atoms with Crippen LogP contribution in [0.15, 0.2) is 133 Å². The molecule has 0 amide bonds.